The van der Waals surface area contributed by atoms with Gasteiger partial charge in [0.05, 0.1) is 24.7 Å². The number of imidazole rings is 1. The number of aliphatic hydroxyl groups excluding tert-OH is 1. The van der Waals surface area contributed by atoms with E-state index in [0.29, 0.717) is 15.0 Å². The second-order valence-corrected chi connectivity index (χ2v) is 7.42. The van der Waals surface area contributed by atoms with Crippen molar-refractivity contribution in [2.75, 3.05) is 16.8 Å². The van der Waals surface area contributed by atoms with Crippen LogP contribution in [0.5, 0.6) is 0 Å². The third-order valence-corrected chi connectivity index (χ3v) is 5.62. The topological polar surface area (TPSA) is 137 Å². The first-order chi connectivity index (χ1) is 12.3. The van der Waals surface area contributed by atoms with E-state index in [1.54, 1.807) is 24.3 Å². The summed E-state index contributed by atoms with van der Waals surface area (Å²) in [5.74, 6) is -1.54. The summed E-state index contributed by atoms with van der Waals surface area (Å²) in [6.45, 7) is -0.149. The van der Waals surface area contributed by atoms with Crippen LogP contribution in [-0.4, -0.2) is 48.9 Å². The lowest BCUT2D eigenvalue weighted by Gasteiger charge is -2.28. The van der Waals surface area contributed by atoms with E-state index in [9.17, 15) is 15.0 Å². The van der Waals surface area contributed by atoms with Gasteiger partial charge in [-0.3, -0.25) is 9.36 Å². The van der Waals surface area contributed by atoms with Crippen LogP contribution in [0.4, 0.5) is 5.82 Å². The minimum atomic E-state index is -1.77. The van der Waals surface area contributed by atoms with Crippen LogP contribution >= 0.6 is 34.2 Å². The fourth-order valence-corrected chi connectivity index (χ4v) is 3.92. The number of nitrogen functional groups attached to an aromatic ring is 1. The lowest BCUT2D eigenvalue weighted by Crippen LogP contribution is -2.46. The van der Waals surface area contributed by atoms with Gasteiger partial charge < -0.3 is 26.4 Å². The van der Waals surface area contributed by atoms with Crippen LogP contribution in [0.1, 0.15) is 17.2 Å². The molecule has 2 heterocycles. The first-order valence-corrected chi connectivity index (χ1v) is 9.66. The minimum Gasteiger partial charge on any atom is -0.385 e. The fraction of sp³-hybridized carbons (Fsp3) is 0.375. The maximum Gasteiger partial charge on any atom is 0.231 e. The Bertz CT molecular complexity index is 815. The molecule has 1 unspecified atom stereocenters. The number of rotatable bonds is 5. The lowest BCUT2D eigenvalue weighted by molar-refractivity contribution is -0.118. The molecule has 26 heavy (non-hydrogen) atoms. The molecule has 1 amide bonds. The van der Waals surface area contributed by atoms with Crippen molar-refractivity contribution in [3.63, 3.8) is 0 Å². The summed E-state index contributed by atoms with van der Waals surface area (Å²) >= 11 is 7.95. The molecule has 1 aliphatic rings. The number of aromatic nitrogens is 2. The minimum absolute atomic E-state index is 0.0306. The van der Waals surface area contributed by atoms with Gasteiger partial charge in [-0.15, -0.1) is 0 Å². The Morgan fingerprint density at radius 2 is 2.15 bits per heavy atom. The van der Waals surface area contributed by atoms with Gasteiger partial charge in [0.1, 0.15) is 17.8 Å². The number of nitrogens with two attached hydrogens (primary N) is 2. The Morgan fingerprint density at radius 1 is 1.50 bits per heavy atom. The molecule has 4 atom stereocenters. The Morgan fingerprint density at radius 3 is 2.69 bits per heavy atom. The molecular formula is C16H18ClIN4O4. The van der Waals surface area contributed by atoms with Crippen molar-refractivity contribution in [1.82, 2.24) is 9.55 Å². The van der Waals surface area contributed by atoms with Gasteiger partial charge in [-0.05, 0) is 17.7 Å². The van der Waals surface area contributed by atoms with Gasteiger partial charge in [-0.2, -0.15) is 0 Å². The van der Waals surface area contributed by atoms with Crippen molar-refractivity contribution in [2.45, 2.75) is 23.9 Å². The van der Waals surface area contributed by atoms with E-state index in [-0.39, 0.29) is 18.1 Å². The van der Waals surface area contributed by atoms with E-state index in [2.05, 4.69) is 27.6 Å². The normalized spacial score (nSPS) is 26.8. The van der Waals surface area contributed by atoms with Crippen LogP contribution in [0.2, 0.25) is 5.02 Å². The molecule has 1 aliphatic heterocycles. The molecule has 0 spiro atoms. The first kappa shape index (κ1) is 19.4. The molecule has 6 N–H and O–H groups in total. The number of halogens is 2. The highest BCUT2D eigenvalue weighted by molar-refractivity contribution is 14.1. The average molecular weight is 493 g/mol. The SMILES string of the molecule is NC(=O)C(c1ccc(Cl)cc1)c1ncn([C@@]2(O)CO[C@H](CI)[C@H]2O)c1N. The number of primary amides is 1. The third kappa shape index (κ3) is 3.18. The number of amides is 1. The number of alkyl halides is 1. The highest BCUT2D eigenvalue weighted by Gasteiger charge is 2.50. The molecule has 1 aromatic heterocycles. The first-order valence-electron chi connectivity index (χ1n) is 7.75. The van der Waals surface area contributed by atoms with E-state index < -0.39 is 29.8 Å². The molecule has 0 aliphatic carbocycles. The molecule has 3 rings (SSSR count). The molecule has 0 radical (unpaired) electrons. The van der Waals surface area contributed by atoms with Crippen LogP contribution in [0, 0.1) is 0 Å². The zero-order chi connectivity index (χ0) is 19.1. The summed E-state index contributed by atoms with van der Waals surface area (Å²) in [6, 6.07) is 6.58. The van der Waals surface area contributed by atoms with Crippen LogP contribution in [0.25, 0.3) is 0 Å². The predicted molar refractivity (Wildman–Crippen MR) is 104 cm³/mol. The molecule has 0 saturated carbocycles. The Labute approximate surface area is 168 Å². The second kappa shape index (κ2) is 7.31. The molecule has 1 aromatic carbocycles. The largest absolute Gasteiger partial charge is 0.385 e. The van der Waals surface area contributed by atoms with Gasteiger partial charge in [-0.1, -0.05) is 46.3 Å². The number of nitrogens with zero attached hydrogens (tertiary/aromatic N) is 2. The van der Waals surface area contributed by atoms with Crippen molar-refractivity contribution >= 4 is 45.9 Å². The molecule has 8 nitrogen and oxygen atoms in total. The standard InChI is InChI=1S/C16H18ClIN4O4/c17-9-3-1-8(2-4-9)11(15(20)24)12-14(19)22(7-21-12)16(25)6-26-10(5-18)13(16)23/h1-4,7,10-11,13,23,25H,5-6,19H2,(H2,20,24)/t10-,11?,13-,16-/m1/s1. The van der Waals surface area contributed by atoms with Crippen LogP contribution < -0.4 is 11.5 Å². The van der Waals surface area contributed by atoms with Crippen molar-refractivity contribution in [3.05, 3.63) is 46.9 Å². The number of hydrogen-bond acceptors (Lipinski definition) is 6. The smallest absolute Gasteiger partial charge is 0.231 e. The number of hydrogen-bond donors (Lipinski definition) is 4. The number of anilines is 1. The second-order valence-electron chi connectivity index (χ2n) is 6.10. The summed E-state index contributed by atoms with van der Waals surface area (Å²) in [5, 5.41) is 21.8. The summed E-state index contributed by atoms with van der Waals surface area (Å²) in [5.41, 5.74) is 10.7. The van der Waals surface area contributed by atoms with Crippen molar-refractivity contribution in [3.8, 4) is 0 Å². The number of aliphatic hydroxyl groups is 2. The predicted octanol–water partition coefficient (Wildman–Crippen LogP) is 0.576. The molecule has 140 valence electrons. The molecule has 2 aromatic rings. The molecule has 1 saturated heterocycles. The Balaban J connectivity index is 2.02. The van der Waals surface area contributed by atoms with Gasteiger partial charge in [-0.25, -0.2) is 4.98 Å². The van der Waals surface area contributed by atoms with Crippen molar-refractivity contribution in [1.29, 1.82) is 0 Å². The zero-order valence-electron chi connectivity index (χ0n) is 13.5. The monoisotopic (exact) mass is 492 g/mol. The summed E-state index contributed by atoms with van der Waals surface area (Å²) in [4.78, 5) is 16.2. The quantitative estimate of drug-likeness (QED) is 0.356. The lowest BCUT2D eigenvalue weighted by atomic mass is 9.95. The summed E-state index contributed by atoms with van der Waals surface area (Å²) in [7, 11) is 0. The van der Waals surface area contributed by atoms with E-state index in [1.165, 1.54) is 10.9 Å². The molecule has 10 heteroatoms. The maximum absolute atomic E-state index is 12.1. The number of carbonyl (C=O) groups is 1. The van der Waals surface area contributed by atoms with Crippen LogP contribution in [0.15, 0.2) is 30.6 Å². The maximum atomic E-state index is 12.1. The van der Waals surface area contributed by atoms with E-state index in [1.807, 2.05) is 0 Å². The number of ether oxygens (including phenoxy) is 1. The Kier molecular flexibility index (Phi) is 5.45. The van der Waals surface area contributed by atoms with Gasteiger partial charge >= 0.3 is 0 Å². The molecule has 0 bridgehead atoms. The van der Waals surface area contributed by atoms with Gasteiger partial charge in [0, 0.05) is 9.45 Å². The van der Waals surface area contributed by atoms with Gasteiger partial charge in [0.25, 0.3) is 0 Å². The van der Waals surface area contributed by atoms with Crippen molar-refractivity contribution < 1.29 is 19.7 Å². The molecular weight excluding hydrogens is 475 g/mol. The van der Waals surface area contributed by atoms with Gasteiger partial charge in [0.15, 0.2) is 5.72 Å². The number of carbonyl (C=O) groups excluding carboxylic acids is 1. The fourth-order valence-electron chi connectivity index (χ4n) is 3.06. The van der Waals surface area contributed by atoms with Crippen LogP contribution in [-0.2, 0) is 15.3 Å². The van der Waals surface area contributed by atoms with E-state index in [4.69, 9.17) is 27.8 Å². The zero-order valence-corrected chi connectivity index (χ0v) is 16.5. The highest BCUT2D eigenvalue weighted by Crippen LogP contribution is 2.36. The van der Waals surface area contributed by atoms with Crippen LogP contribution in [0.3, 0.4) is 0 Å². The van der Waals surface area contributed by atoms with E-state index in [0.717, 1.165) is 0 Å². The molecule has 1 fully saturated rings. The third-order valence-electron chi connectivity index (χ3n) is 4.50. The average Bonchev–Trinajstić information content (AvgIpc) is 3.11. The summed E-state index contributed by atoms with van der Waals surface area (Å²) in [6.07, 6.45) is -0.445. The number of benzene rings is 1. The van der Waals surface area contributed by atoms with E-state index >= 15 is 0 Å². The Hall–Kier alpha value is -1.40. The summed E-state index contributed by atoms with van der Waals surface area (Å²) < 4.78 is 7.16. The highest BCUT2D eigenvalue weighted by atomic mass is 127. The van der Waals surface area contributed by atoms with Crippen molar-refractivity contribution in [2.24, 2.45) is 5.73 Å². The van der Waals surface area contributed by atoms with Gasteiger partial charge in [0.2, 0.25) is 5.91 Å².